The zero-order chi connectivity index (χ0) is 15.6. The van der Waals surface area contributed by atoms with Gasteiger partial charge in [0.15, 0.2) is 0 Å². The number of rotatable bonds is 6. The second-order valence-corrected chi connectivity index (χ2v) is 7.51. The zero-order valence-electron chi connectivity index (χ0n) is 12.6. The fourth-order valence-electron chi connectivity index (χ4n) is 2.26. The Kier molecular flexibility index (Phi) is 4.68. The molecule has 6 heteroatoms. The number of benzene rings is 1. The molecule has 0 saturated heterocycles. The minimum absolute atomic E-state index is 0.0217. The molecule has 0 aromatic heterocycles. The number of hydrogen-bond donors (Lipinski definition) is 2. The van der Waals surface area contributed by atoms with Gasteiger partial charge in [-0.3, -0.25) is 4.79 Å². The Morgan fingerprint density at radius 2 is 1.95 bits per heavy atom. The molecule has 2 rings (SSSR count). The fourth-order valence-corrected chi connectivity index (χ4v) is 3.62. The summed E-state index contributed by atoms with van der Waals surface area (Å²) in [4.78, 5) is 11.9. The highest BCUT2D eigenvalue weighted by atomic mass is 32.2. The summed E-state index contributed by atoms with van der Waals surface area (Å²) < 4.78 is 27.0. The molecule has 1 aliphatic carbocycles. The Hall–Kier alpha value is -1.40. The average molecular weight is 310 g/mol. The highest BCUT2D eigenvalue weighted by Crippen LogP contribution is 2.37. The van der Waals surface area contributed by atoms with E-state index < -0.39 is 10.0 Å². The number of aryl methyl sites for hydroxylation is 2. The smallest absolute Gasteiger partial charge is 0.240 e. The van der Waals surface area contributed by atoms with E-state index in [2.05, 4.69) is 10.0 Å². The van der Waals surface area contributed by atoms with Gasteiger partial charge in [0.1, 0.15) is 0 Å². The van der Waals surface area contributed by atoms with Gasteiger partial charge in [-0.25, -0.2) is 13.1 Å². The van der Waals surface area contributed by atoms with Gasteiger partial charge in [-0.05, 0) is 43.4 Å². The Balaban J connectivity index is 1.86. The van der Waals surface area contributed by atoms with Gasteiger partial charge in [-0.1, -0.05) is 19.1 Å². The summed E-state index contributed by atoms with van der Waals surface area (Å²) >= 11 is 0. The largest absolute Gasteiger partial charge is 0.355 e. The normalized spacial score (nSPS) is 21.1. The predicted octanol–water partition coefficient (Wildman–Crippen LogP) is 1.35. The van der Waals surface area contributed by atoms with Crippen molar-refractivity contribution in [3.63, 3.8) is 0 Å². The summed E-state index contributed by atoms with van der Waals surface area (Å²) in [6.45, 7) is 6.17. The third-order valence-corrected chi connectivity index (χ3v) is 5.40. The number of nitrogens with one attached hydrogen (secondary N) is 2. The van der Waals surface area contributed by atoms with E-state index in [0.29, 0.717) is 22.9 Å². The van der Waals surface area contributed by atoms with Crippen LogP contribution in [0.1, 0.15) is 24.5 Å². The van der Waals surface area contributed by atoms with E-state index in [-0.39, 0.29) is 18.4 Å². The first-order chi connectivity index (χ1) is 9.81. The molecule has 0 aliphatic heterocycles. The minimum atomic E-state index is -3.53. The maximum absolute atomic E-state index is 12.2. The average Bonchev–Trinajstić information content (AvgIpc) is 3.14. The highest BCUT2D eigenvalue weighted by molar-refractivity contribution is 7.89. The van der Waals surface area contributed by atoms with E-state index in [9.17, 15) is 13.2 Å². The Morgan fingerprint density at radius 3 is 2.57 bits per heavy atom. The van der Waals surface area contributed by atoms with Crippen molar-refractivity contribution in [3.05, 3.63) is 29.3 Å². The van der Waals surface area contributed by atoms with Gasteiger partial charge in [-0.2, -0.15) is 0 Å². The molecule has 0 heterocycles. The van der Waals surface area contributed by atoms with Crippen LogP contribution in [0.4, 0.5) is 0 Å². The lowest BCUT2D eigenvalue weighted by Gasteiger charge is -2.10. The van der Waals surface area contributed by atoms with E-state index in [1.165, 1.54) is 0 Å². The lowest BCUT2D eigenvalue weighted by molar-refractivity contribution is -0.122. The van der Waals surface area contributed by atoms with Gasteiger partial charge in [0.05, 0.1) is 4.90 Å². The fraction of sp³-hybridized carbons (Fsp3) is 0.533. The third-order valence-electron chi connectivity index (χ3n) is 3.80. The van der Waals surface area contributed by atoms with Crippen LogP contribution in [0.15, 0.2) is 23.1 Å². The molecule has 0 bridgehead atoms. The molecule has 0 spiro atoms. The molecule has 1 aromatic rings. The number of sulfonamides is 1. The maximum atomic E-state index is 12.2. The van der Waals surface area contributed by atoms with Gasteiger partial charge in [0, 0.05) is 19.0 Å². The molecule has 21 heavy (non-hydrogen) atoms. The molecule has 2 unspecified atom stereocenters. The lowest BCUT2D eigenvalue weighted by Crippen LogP contribution is -2.35. The van der Waals surface area contributed by atoms with Crippen LogP contribution < -0.4 is 10.0 Å². The van der Waals surface area contributed by atoms with Crippen LogP contribution in [-0.4, -0.2) is 27.4 Å². The van der Waals surface area contributed by atoms with Crippen molar-refractivity contribution < 1.29 is 13.2 Å². The first kappa shape index (κ1) is 16.0. The van der Waals surface area contributed by atoms with Crippen LogP contribution in [0.25, 0.3) is 0 Å². The van der Waals surface area contributed by atoms with Crippen LogP contribution in [0.2, 0.25) is 0 Å². The molecule has 2 atom stereocenters. The molecule has 1 fully saturated rings. The van der Waals surface area contributed by atoms with Crippen LogP contribution >= 0.6 is 0 Å². The van der Waals surface area contributed by atoms with E-state index in [4.69, 9.17) is 0 Å². The quantitative estimate of drug-likeness (QED) is 0.779. The molecule has 5 nitrogen and oxygen atoms in total. The summed E-state index contributed by atoms with van der Waals surface area (Å²) in [6.07, 6.45) is 0.931. The molecule has 1 saturated carbocycles. The summed E-state index contributed by atoms with van der Waals surface area (Å²) in [5.74, 6) is 0.589. The molecule has 1 amide bonds. The Bertz CT molecular complexity index is 640. The van der Waals surface area contributed by atoms with Crippen molar-refractivity contribution in [3.8, 4) is 0 Å². The van der Waals surface area contributed by atoms with Crippen LogP contribution in [0.3, 0.4) is 0 Å². The van der Waals surface area contributed by atoms with E-state index in [0.717, 1.165) is 12.0 Å². The molecule has 116 valence electrons. The van der Waals surface area contributed by atoms with Gasteiger partial charge in [-0.15, -0.1) is 0 Å². The zero-order valence-corrected chi connectivity index (χ0v) is 13.5. The Labute approximate surface area is 126 Å². The molecule has 1 aromatic carbocycles. The van der Waals surface area contributed by atoms with Gasteiger partial charge >= 0.3 is 0 Å². The summed E-state index contributed by atoms with van der Waals surface area (Å²) in [7, 11) is -3.53. The monoisotopic (exact) mass is 310 g/mol. The highest BCUT2D eigenvalue weighted by Gasteiger charge is 2.38. The summed E-state index contributed by atoms with van der Waals surface area (Å²) in [5.41, 5.74) is 1.61. The van der Waals surface area contributed by atoms with Crippen LogP contribution in [0.5, 0.6) is 0 Å². The van der Waals surface area contributed by atoms with Crippen LogP contribution in [0, 0.1) is 25.7 Å². The number of carbonyl (C=O) groups is 1. The van der Waals surface area contributed by atoms with Crippen molar-refractivity contribution in [1.82, 2.24) is 10.0 Å². The first-order valence-electron chi connectivity index (χ1n) is 7.16. The number of amides is 1. The number of hydrogen-bond acceptors (Lipinski definition) is 3. The first-order valence-corrected chi connectivity index (χ1v) is 8.64. The molecular formula is C15H22N2O3S. The summed E-state index contributed by atoms with van der Waals surface area (Å²) in [6, 6.07) is 5.33. The van der Waals surface area contributed by atoms with E-state index in [1.807, 2.05) is 19.9 Å². The van der Waals surface area contributed by atoms with Gasteiger partial charge < -0.3 is 5.32 Å². The maximum Gasteiger partial charge on any atom is 0.240 e. The number of carbonyl (C=O) groups excluding carboxylic acids is 1. The van der Waals surface area contributed by atoms with Crippen molar-refractivity contribution >= 4 is 15.9 Å². The Morgan fingerprint density at radius 1 is 1.29 bits per heavy atom. The van der Waals surface area contributed by atoms with Crippen LogP contribution in [-0.2, 0) is 14.8 Å². The van der Waals surface area contributed by atoms with Crippen molar-refractivity contribution in [2.75, 3.05) is 13.1 Å². The minimum Gasteiger partial charge on any atom is -0.355 e. The van der Waals surface area contributed by atoms with Crippen molar-refractivity contribution in [2.45, 2.75) is 32.1 Å². The standard InChI is InChI=1S/C15H22N2O3S/c1-10-4-5-11(2)14(8-10)21(19,20)17-7-6-16-15(18)13-9-12(13)3/h4-5,8,12-13,17H,6-7,9H2,1-3H3,(H,16,18). The van der Waals surface area contributed by atoms with Crippen molar-refractivity contribution in [2.24, 2.45) is 11.8 Å². The topological polar surface area (TPSA) is 75.3 Å². The molecular weight excluding hydrogens is 288 g/mol. The SMILES string of the molecule is Cc1ccc(C)c(S(=O)(=O)NCCNC(=O)C2CC2C)c1. The predicted molar refractivity (Wildman–Crippen MR) is 81.4 cm³/mol. The summed E-state index contributed by atoms with van der Waals surface area (Å²) in [5, 5.41) is 2.76. The van der Waals surface area contributed by atoms with Gasteiger partial charge in [0.2, 0.25) is 15.9 Å². The molecule has 2 N–H and O–H groups in total. The van der Waals surface area contributed by atoms with E-state index >= 15 is 0 Å². The van der Waals surface area contributed by atoms with Gasteiger partial charge in [0.25, 0.3) is 0 Å². The second-order valence-electron chi connectivity index (χ2n) is 5.78. The molecule has 1 aliphatic rings. The van der Waals surface area contributed by atoms with E-state index in [1.54, 1.807) is 19.1 Å². The lowest BCUT2D eigenvalue weighted by atomic mass is 10.2. The third kappa shape index (κ3) is 4.04. The van der Waals surface area contributed by atoms with Crippen molar-refractivity contribution in [1.29, 1.82) is 0 Å². The second kappa shape index (κ2) is 6.15. The molecule has 0 radical (unpaired) electrons.